The molecule has 0 radical (unpaired) electrons. The van der Waals surface area contributed by atoms with Crippen molar-refractivity contribution in [2.45, 2.75) is 25.8 Å². The van der Waals surface area contributed by atoms with Crippen molar-refractivity contribution in [3.8, 4) is 11.8 Å². The molecule has 0 bridgehead atoms. The topological polar surface area (TPSA) is 47.3 Å². The van der Waals surface area contributed by atoms with E-state index in [9.17, 15) is 5.11 Å². The van der Waals surface area contributed by atoms with Gasteiger partial charge in [-0.25, -0.2) is 0 Å². The van der Waals surface area contributed by atoms with Crippen LogP contribution < -0.4 is 0 Å². The second kappa shape index (κ2) is 4.77. The van der Waals surface area contributed by atoms with Gasteiger partial charge in [-0.15, -0.1) is 0 Å². The Morgan fingerprint density at radius 2 is 2.24 bits per heavy atom. The predicted molar refractivity (Wildman–Crippen MR) is 66.6 cm³/mol. The van der Waals surface area contributed by atoms with Crippen molar-refractivity contribution in [3.63, 3.8) is 0 Å². The summed E-state index contributed by atoms with van der Waals surface area (Å²) in [6.45, 7) is 2.93. The first-order valence-electron chi connectivity index (χ1n) is 6.01. The van der Waals surface area contributed by atoms with Crippen molar-refractivity contribution in [1.82, 2.24) is 4.90 Å². The average molecular weight is 230 g/mol. The average Bonchev–Trinajstić information content (AvgIpc) is 2.33. The monoisotopic (exact) mass is 230 g/mol. The van der Waals surface area contributed by atoms with E-state index in [0.717, 1.165) is 30.5 Å². The van der Waals surface area contributed by atoms with Crippen molar-refractivity contribution in [2.24, 2.45) is 5.92 Å². The number of nitrogens with zero attached hydrogens (tertiary/aromatic N) is 2. The Bertz CT molecular complexity index is 450. The number of hydrogen-bond acceptors (Lipinski definition) is 3. The minimum absolute atomic E-state index is 0.108. The highest BCUT2D eigenvalue weighted by atomic mass is 16.3. The summed E-state index contributed by atoms with van der Waals surface area (Å²) in [5.74, 6) is 0.446. The minimum atomic E-state index is 0.108. The number of phenolic OH excluding ortho intramolecular Hbond substituents is 1. The van der Waals surface area contributed by atoms with Crippen LogP contribution in [0.5, 0.6) is 5.75 Å². The lowest BCUT2D eigenvalue weighted by atomic mass is 9.87. The maximum absolute atomic E-state index is 9.95. The third-order valence-electron chi connectivity index (χ3n) is 3.59. The van der Waals surface area contributed by atoms with E-state index in [1.54, 1.807) is 6.07 Å². The molecule has 1 aromatic carbocycles. The van der Waals surface area contributed by atoms with E-state index < -0.39 is 0 Å². The lowest BCUT2D eigenvalue weighted by molar-refractivity contribution is 0.160. The third kappa shape index (κ3) is 2.42. The van der Waals surface area contributed by atoms with Crippen LogP contribution in [-0.2, 0) is 0 Å². The molecule has 1 heterocycles. The molecule has 1 saturated heterocycles. The molecule has 90 valence electrons. The van der Waals surface area contributed by atoms with Crippen molar-refractivity contribution in [2.75, 3.05) is 13.6 Å². The molecule has 1 aliphatic heterocycles. The number of benzene rings is 1. The number of nitriles is 1. The summed E-state index contributed by atoms with van der Waals surface area (Å²) in [6.07, 6.45) is 1.74. The van der Waals surface area contributed by atoms with E-state index in [4.69, 9.17) is 5.26 Å². The zero-order valence-corrected chi connectivity index (χ0v) is 10.3. The molecule has 0 aromatic heterocycles. The number of piperidine rings is 1. The van der Waals surface area contributed by atoms with Gasteiger partial charge < -0.3 is 5.11 Å². The Morgan fingerprint density at radius 1 is 1.47 bits per heavy atom. The molecule has 17 heavy (non-hydrogen) atoms. The van der Waals surface area contributed by atoms with Gasteiger partial charge in [0.05, 0.1) is 6.07 Å². The van der Waals surface area contributed by atoms with Gasteiger partial charge in [-0.2, -0.15) is 5.26 Å². The van der Waals surface area contributed by atoms with Crippen LogP contribution in [0.2, 0.25) is 0 Å². The lowest BCUT2D eigenvalue weighted by Gasteiger charge is -2.35. The van der Waals surface area contributed by atoms with Crippen LogP contribution in [0.15, 0.2) is 18.2 Å². The summed E-state index contributed by atoms with van der Waals surface area (Å²) >= 11 is 0. The van der Waals surface area contributed by atoms with Gasteiger partial charge in [-0.3, -0.25) is 4.90 Å². The van der Waals surface area contributed by atoms with Crippen molar-refractivity contribution in [1.29, 1.82) is 5.26 Å². The smallest absolute Gasteiger partial charge is 0.120 e. The molecule has 1 aliphatic rings. The Morgan fingerprint density at radius 3 is 2.94 bits per heavy atom. The number of aryl methyl sites for hydroxylation is 1. The number of aromatic hydroxyl groups is 1. The van der Waals surface area contributed by atoms with Crippen LogP contribution in [0, 0.1) is 24.2 Å². The molecule has 3 nitrogen and oxygen atoms in total. The molecule has 0 unspecified atom stereocenters. The predicted octanol–water partition coefficient (Wildman–Crippen LogP) is 2.61. The Labute approximate surface area is 102 Å². The number of phenols is 1. The van der Waals surface area contributed by atoms with E-state index in [2.05, 4.69) is 18.0 Å². The fourth-order valence-electron chi connectivity index (χ4n) is 2.51. The van der Waals surface area contributed by atoms with Crippen LogP contribution in [-0.4, -0.2) is 23.6 Å². The fraction of sp³-hybridized carbons (Fsp3) is 0.500. The zero-order valence-electron chi connectivity index (χ0n) is 10.3. The number of hydrogen-bond donors (Lipinski definition) is 1. The zero-order chi connectivity index (χ0) is 12.4. The number of likely N-dealkylation sites (tertiary alicyclic amines) is 1. The summed E-state index contributed by atoms with van der Waals surface area (Å²) in [7, 11) is 2.06. The molecule has 1 aromatic rings. The van der Waals surface area contributed by atoms with Gasteiger partial charge in [0.25, 0.3) is 0 Å². The fourth-order valence-corrected chi connectivity index (χ4v) is 2.51. The number of rotatable bonds is 1. The molecule has 0 spiro atoms. The quantitative estimate of drug-likeness (QED) is 0.806. The van der Waals surface area contributed by atoms with Gasteiger partial charge in [-0.1, -0.05) is 17.7 Å². The SMILES string of the molecule is Cc1ccc(O)c([C@H]2C[C@H](C#N)CCN2C)c1. The van der Waals surface area contributed by atoms with Crippen molar-refractivity contribution in [3.05, 3.63) is 29.3 Å². The first kappa shape index (κ1) is 11.9. The summed E-state index contributed by atoms with van der Waals surface area (Å²) in [5, 5.41) is 19.0. The van der Waals surface area contributed by atoms with Gasteiger partial charge in [0.2, 0.25) is 0 Å². The van der Waals surface area contributed by atoms with Crippen molar-refractivity contribution >= 4 is 0 Å². The van der Waals surface area contributed by atoms with Gasteiger partial charge in [0, 0.05) is 17.5 Å². The molecule has 3 heteroatoms. The normalized spacial score (nSPS) is 25.5. The summed E-state index contributed by atoms with van der Waals surface area (Å²) in [5.41, 5.74) is 2.10. The summed E-state index contributed by atoms with van der Waals surface area (Å²) < 4.78 is 0. The molecule has 2 atom stereocenters. The van der Waals surface area contributed by atoms with Crippen molar-refractivity contribution < 1.29 is 5.11 Å². The molecule has 0 saturated carbocycles. The van der Waals surface area contributed by atoms with Gasteiger partial charge in [0.1, 0.15) is 5.75 Å². The molecular formula is C14H18N2O. The Kier molecular flexibility index (Phi) is 3.35. The van der Waals surface area contributed by atoms with Gasteiger partial charge in [0.15, 0.2) is 0 Å². The van der Waals surface area contributed by atoms with Crippen LogP contribution in [0.25, 0.3) is 0 Å². The molecular weight excluding hydrogens is 212 g/mol. The van der Waals surface area contributed by atoms with E-state index in [1.165, 1.54) is 0 Å². The first-order chi connectivity index (χ1) is 8.11. The Balaban J connectivity index is 2.31. The highest BCUT2D eigenvalue weighted by Gasteiger charge is 2.28. The summed E-state index contributed by atoms with van der Waals surface area (Å²) in [6, 6.07) is 8.19. The molecule has 2 rings (SSSR count). The summed E-state index contributed by atoms with van der Waals surface area (Å²) in [4.78, 5) is 2.22. The molecule has 1 fully saturated rings. The highest BCUT2D eigenvalue weighted by Crippen LogP contribution is 2.37. The maximum Gasteiger partial charge on any atom is 0.120 e. The van der Waals surface area contributed by atoms with E-state index in [0.29, 0.717) is 5.75 Å². The second-order valence-corrected chi connectivity index (χ2v) is 4.91. The van der Waals surface area contributed by atoms with Crippen LogP contribution in [0.3, 0.4) is 0 Å². The van der Waals surface area contributed by atoms with Crippen LogP contribution >= 0.6 is 0 Å². The Hall–Kier alpha value is -1.53. The van der Waals surface area contributed by atoms with Gasteiger partial charge >= 0.3 is 0 Å². The molecule has 0 amide bonds. The largest absolute Gasteiger partial charge is 0.508 e. The highest BCUT2D eigenvalue weighted by molar-refractivity contribution is 5.38. The first-order valence-corrected chi connectivity index (χ1v) is 6.01. The lowest BCUT2D eigenvalue weighted by Crippen LogP contribution is -2.33. The van der Waals surface area contributed by atoms with E-state index in [-0.39, 0.29) is 12.0 Å². The van der Waals surface area contributed by atoms with Crippen LogP contribution in [0.1, 0.15) is 30.0 Å². The maximum atomic E-state index is 9.95. The molecule has 0 aliphatic carbocycles. The molecule has 1 N–H and O–H groups in total. The minimum Gasteiger partial charge on any atom is -0.508 e. The second-order valence-electron chi connectivity index (χ2n) is 4.91. The van der Waals surface area contributed by atoms with E-state index in [1.807, 2.05) is 19.1 Å². The van der Waals surface area contributed by atoms with Gasteiger partial charge in [-0.05, 0) is 39.4 Å². The van der Waals surface area contributed by atoms with E-state index >= 15 is 0 Å². The third-order valence-corrected chi connectivity index (χ3v) is 3.59. The van der Waals surface area contributed by atoms with Crippen LogP contribution in [0.4, 0.5) is 0 Å². The standard InChI is InChI=1S/C14H18N2O/c1-10-3-4-14(17)12(7-10)13-8-11(9-15)5-6-16(13)2/h3-4,7,11,13,17H,5-6,8H2,1-2H3/t11-,13-/m1/s1.